The van der Waals surface area contributed by atoms with Crippen molar-refractivity contribution in [2.24, 2.45) is 21.9 Å². The Hall–Kier alpha value is -2.20. The van der Waals surface area contributed by atoms with E-state index in [1.807, 2.05) is 32.7 Å². The summed E-state index contributed by atoms with van der Waals surface area (Å²) in [7, 11) is 0. The van der Waals surface area contributed by atoms with E-state index >= 15 is 0 Å². The van der Waals surface area contributed by atoms with E-state index in [1.165, 1.54) is 11.3 Å². The van der Waals surface area contributed by atoms with Crippen LogP contribution in [-0.4, -0.2) is 45.3 Å². The van der Waals surface area contributed by atoms with Gasteiger partial charge in [-0.3, -0.25) is 19.6 Å². The molecule has 0 saturated heterocycles. The molecule has 1 rings (SSSR count). The zero-order valence-electron chi connectivity index (χ0n) is 16.2. The van der Waals surface area contributed by atoms with Gasteiger partial charge >= 0.3 is 0 Å². The van der Waals surface area contributed by atoms with Gasteiger partial charge in [0.05, 0.1) is 11.1 Å². The lowest BCUT2D eigenvalue weighted by Crippen LogP contribution is -2.51. The Morgan fingerprint density at radius 2 is 1.73 bits per heavy atom. The minimum atomic E-state index is -0.440. The molecule has 148 valence electrons. The lowest BCUT2D eigenvalue weighted by Gasteiger charge is -2.33. The van der Waals surface area contributed by atoms with Crippen molar-refractivity contribution < 1.29 is 9.59 Å². The van der Waals surface area contributed by atoms with Crippen molar-refractivity contribution in [1.29, 1.82) is 0 Å². The molecule has 0 unspecified atom stereocenters. The van der Waals surface area contributed by atoms with E-state index in [0.717, 1.165) is 0 Å². The monoisotopic (exact) mass is 368 g/mol. The normalized spacial score (nSPS) is 14.7. The van der Waals surface area contributed by atoms with E-state index in [1.54, 1.807) is 6.34 Å². The molecule has 0 aromatic heterocycles. The molecule has 1 aliphatic heterocycles. The van der Waals surface area contributed by atoms with Crippen molar-refractivity contribution in [2.45, 2.75) is 77.3 Å². The second kappa shape index (κ2) is 9.48. The molecule has 0 bridgehead atoms. The second-order valence-electron chi connectivity index (χ2n) is 7.71. The van der Waals surface area contributed by atoms with Gasteiger partial charge in [-0.05, 0) is 40.5 Å². The first-order chi connectivity index (χ1) is 12.1. The summed E-state index contributed by atoms with van der Waals surface area (Å²) < 4.78 is 0. The van der Waals surface area contributed by atoms with Crippen molar-refractivity contribution in [3.63, 3.8) is 0 Å². The van der Waals surface area contributed by atoms with Crippen molar-refractivity contribution >= 4 is 24.2 Å². The minimum absolute atomic E-state index is 0.0568. The molecule has 6 N–H and O–H groups in total. The van der Waals surface area contributed by atoms with Crippen LogP contribution in [0, 0.1) is 0 Å². The highest BCUT2D eigenvalue weighted by molar-refractivity contribution is 5.86. The standard InChI is InChI=1S/C16H32N8O2/c1-15(2,23(18)11-19-17)9-7-13(25)5-6-14(26)8-10-16(3,4)24-12-20-21-22-24/h11-12,21-22H,5-10,17-18H2,1-4H3/b19-11-. The Morgan fingerprint density at radius 3 is 2.23 bits per heavy atom. The third-order valence-corrected chi connectivity index (χ3v) is 4.66. The maximum absolute atomic E-state index is 12.1. The molecule has 1 aliphatic rings. The highest BCUT2D eigenvalue weighted by Gasteiger charge is 2.28. The molecule has 0 atom stereocenters. The lowest BCUT2D eigenvalue weighted by atomic mass is 9.93. The van der Waals surface area contributed by atoms with Crippen LogP contribution in [0.25, 0.3) is 0 Å². The van der Waals surface area contributed by atoms with Crippen LogP contribution < -0.4 is 22.8 Å². The molecule has 0 radical (unpaired) electrons. The highest BCUT2D eigenvalue weighted by atomic mass is 16.1. The molecule has 0 saturated carbocycles. The Bertz CT molecular complexity index is 544. The number of carbonyl (C=O) groups excluding carboxylic acids is 2. The first-order valence-electron chi connectivity index (χ1n) is 8.72. The third-order valence-electron chi connectivity index (χ3n) is 4.66. The van der Waals surface area contributed by atoms with Gasteiger partial charge in [0.25, 0.3) is 0 Å². The molecule has 0 fully saturated rings. The van der Waals surface area contributed by atoms with Crippen LogP contribution in [0.1, 0.15) is 66.2 Å². The largest absolute Gasteiger partial charge is 0.322 e. The average molecular weight is 368 g/mol. The number of hydrazine groups is 3. The van der Waals surface area contributed by atoms with Crippen molar-refractivity contribution in [3.8, 4) is 0 Å². The molecular weight excluding hydrogens is 336 g/mol. The van der Waals surface area contributed by atoms with Gasteiger partial charge in [0.2, 0.25) is 0 Å². The topological polar surface area (TPSA) is 141 Å². The molecule has 26 heavy (non-hydrogen) atoms. The fourth-order valence-corrected chi connectivity index (χ4v) is 2.40. The van der Waals surface area contributed by atoms with Crippen molar-refractivity contribution in [3.05, 3.63) is 0 Å². The number of hydrazone groups is 2. The highest BCUT2D eigenvalue weighted by Crippen LogP contribution is 2.20. The first kappa shape index (κ1) is 21.8. The number of carbonyl (C=O) groups is 2. The van der Waals surface area contributed by atoms with Gasteiger partial charge < -0.3 is 5.84 Å². The maximum Gasteiger partial charge on any atom is 0.133 e. The fraction of sp³-hybridized carbons (Fsp3) is 0.750. The average Bonchev–Trinajstić information content (AvgIpc) is 3.12. The minimum Gasteiger partial charge on any atom is -0.322 e. The van der Waals surface area contributed by atoms with Gasteiger partial charge in [0.1, 0.15) is 24.2 Å². The van der Waals surface area contributed by atoms with Crippen LogP contribution in [0.3, 0.4) is 0 Å². The third kappa shape index (κ3) is 6.96. The van der Waals surface area contributed by atoms with Crippen LogP contribution in [0.2, 0.25) is 0 Å². The molecular formula is C16H32N8O2. The van der Waals surface area contributed by atoms with Crippen LogP contribution in [-0.2, 0) is 9.59 Å². The zero-order valence-corrected chi connectivity index (χ0v) is 16.2. The van der Waals surface area contributed by atoms with Crippen molar-refractivity contribution in [2.75, 3.05) is 0 Å². The zero-order chi connectivity index (χ0) is 19.8. The van der Waals surface area contributed by atoms with E-state index in [2.05, 4.69) is 21.3 Å². The predicted octanol–water partition coefficient (Wildman–Crippen LogP) is 0.368. The summed E-state index contributed by atoms with van der Waals surface area (Å²) in [5, 5.41) is 10.5. The first-order valence-corrected chi connectivity index (χ1v) is 8.72. The molecule has 1 heterocycles. The van der Waals surface area contributed by atoms with Gasteiger partial charge in [-0.2, -0.15) is 10.2 Å². The fourth-order valence-electron chi connectivity index (χ4n) is 2.40. The second-order valence-corrected chi connectivity index (χ2v) is 7.71. The van der Waals surface area contributed by atoms with Gasteiger partial charge in [-0.15, -0.1) is 5.53 Å². The van der Waals surface area contributed by atoms with E-state index in [0.29, 0.717) is 25.7 Å². The van der Waals surface area contributed by atoms with Gasteiger partial charge in [0, 0.05) is 25.7 Å². The van der Waals surface area contributed by atoms with Crippen LogP contribution in [0.4, 0.5) is 0 Å². The summed E-state index contributed by atoms with van der Waals surface area (Å²) >= 11 is 0. The van der Waals surface area contributed by atoms with Crippen LogP contribution >= 0.6 is 0 Å². The number of ketones is 2. The molecule has 0 aromatic carbocycles. The summed E-state index contributed by atoms with van der Waals surface area (Å²) in [6, 6.07) is 0. The summed E-state index contributed by atoms with van der Waals surface area (Å²) in [4.78, 5) is 24.2. The lowest BCUT2D eigenvalue weighted by molar-refractivity contribution is -0.124. The maximum atomic E-state index is 12.1. The SMILES string of the molecule is CC(C)(CCC(=O)CCC(=O)CCC(C)(C)N1C=NNN1)N(N)/C=N\N. The molecule has 0 aromatic rings. The Labute approximate surface area is 154 Å². The van der Waals surface area contributed by atoms with Crippen LogP contribution in [0.5, 0.6) is 0 Å². The predicted molar refractivity (Wildman–Crippen MR) is 101 cm³/mol. The van der Waals surface area contributed by atoms with Gasteiger partial charge in [0.15, 0.2) is 0 Å². The van der Waals surface area contributed by atoms with Crippen molar-refractivity contribution in [1.82, 2.24) is 21.1 Å². The molecule has 0 aliphatic carbocycles. The van der Waals surface area contributed by atoms with Gasteiger partial charge in [-0.1, -0.05) is 0 Å². The molecule has 0 spiro atoms. The summed E-state index contributed by atoms with van der Waals surface area (Å²) in [6.45, 7) is 7.84. The summed E-state index contributed by atoms with van der Waals surface area (Å²) in [5.41, 5.74) is 4.82. The summed E-state index contributed by atoms with van der Waals surface area (Å²) in [6.07, 6.45) is 5.49. The number of rotatable bonds is 12. The summed E-state index contributed by atoms with van der Waals surface area (Å²) in [5.74, 6) is 11.1. The molecule has 10 heteroatoms. The quantitative estimate of drug-likeness (QED) is 0.167. The van der Waals surface area contributed by atoms with E-state index < -0.39 is 5.54 Å². The number of nitrogens with two attached hydrogens (primary N) is 2. The Morgan fingerprint density at radius 1 is 1.15 bits per heavy atom. The van der Waals surface area contributed by atoms with E-state index in [9.17, 15) is 9.59 Å². The smallest absolute Gasteiger partial charge is 0.133 e. The molecule has 10 nitrogen and oxygen atoms in total. The molecule has 0 amide bonds. The number of hydrogen-bond donors (Lipinski definition) is 4. The Balaban J connectivity index is 2.29. The number of nitrogens with zero attached hydrogens (tertiary/aromatic N) is 4. The number of Topliss-reactive ketones (excluding diaryl/α,β-unsaturated/α-hetero) is 2. The van der Waals surface area contributed by atoms with E-state index in [4.69, 9.17) is 11.7 Å². The Kier molecular flexibility index (Phi) is 7.97. The number of hydrogen-bond acceptors (Lipinski definition) is 9. The van der Waals surface area contributed by atoms with Gasteiger partial charge in [-0.25, -0.2) is 11.4 Å². The van der Waals surface area contributed by atoms with E-state index in [-0.39, 0.29) is 29.9 Å². The number of nitrogens with one attached hydrogen (secondary N) is 2. The van der Waals surface area contributed by atoms with Crippen LogP contribution in [0.15, 0.2) is 10.2 Å².